The highest BCUT2D eigenvalue weighted by molar-refractivity contribution is 5.95. The van der Waals surface area contributed by atoms with Crippen LogP contribution in [0.3, 0.4) is 0 Å². The molecule has 4 heterocycles. The molecule has 5 nitrogen and oxygen atoms in total. The number of allylic oxidation sites excluding steroid dienone is 2. The fraction of sp³-hybridized carbons (Fsp3) is 0.0571. The number of hydrogen-bond acceptors (Lipinski definition) is 3. The Morgan fingerprint density at radius 3 is 2.12 bits per heavy atom. The van der Waals surface area contributed by atoms with E-state index in [0.29, 0.717) is 0 Å². The van der Waals surface area contributed by atoms with E-state index in [0.717, 1.165) is 66.8 Å². The number of benzene rings is 2. The molecule has 4 aromatic heterocycles. The number of para-hydroxylation sites is 1. The second-order valence-electron chi connectivity index (χ2n) is 9.33. The van der Waals surface area contributed by atoms with E-state index in [1.54, 1.807) is 0 Å². The van der Waals surface area contributed by atoms with Crippen LogP contribution in [-0.2, 0) is 0 Å². The highest BCUT2D eigenvalue weighted by Gasteiger charge is 2.21. The molecule has 0 saturated carbocycles. The first-order chi connectivity index (χ1) is 19.7. The molecule has 0 spiro atoms. The molecule has 0 aliphatic rings. The maximum atomic E-state index is 5.33. The van der Waals surface area contributed by atoms with Crippen LogP contribution in [-0.4, -0.2) is 24.1 Å². The van der Waals surface area contributed by atoms with Gasteiger partial charge >= 0.3 is 0 Å². The van der Waals surface area contributed by atoms with Crippen LogP contribution in [0, 0.1) is 0 Å². The molecule has 194 valence electrons. The van der Waals surface area contributed by atoms with Crippen molar-refractivity contribution in [3.63, 3.8) is 0 Å². The van der Waals surface area contributed by atoms with E-state index in [4.69, 9.17) is 9.97 Å². The quantitative estimate of drug-likeness (QED) is 0.241. The first-order valence-electron chi connectivity index (χ1n) is 13.3. The summed E-state index contributed by atoms with van der Waals surface area (Å²) in [6, 6.07) is 24.6. The van der Waals surface area contributed by atoms with Gasteiger partial charge in [-0.05, 0) is 62.4 Å². The molecular formula is C35H29N5. The predicted octanol–water partition coefficient (Wildman–Crippen LogP) is 6.87. The lowest BCUT2D eigenvalue weighted by molar-refractivity contribution is 1.03. The number of nitrogens with zero attached hydrogens (tertiary/aromatic N) is 5. The van der Waals surface area contributed by atoms with E-state index in [-0.39, 0.29) is 0 Å². The van der Waals surface area contributed by atoms with Crippen molar-refractivity contribution in [2.75, 3.05) is 0 Å². The average molecular weight is 520 g/mol. The zero-order valence-electron chi connectivity index (χ0n) is 22.6. The molecule has 0 amide bonds. The molecule has 0 aliphatic heterocycles. The highest BCUT2D eigenvalue weighted by Crippen LogP contribution is 2.31. The zero-order valence-corrected chi connectivity index (χ0v) is 22.6. The molecular weight excluding hydrogens is 490 g/mol. The van der Waals surface area contributed by atoms with E-state index in [1.165, 1.54) is 0 Å². The minimum atomic E-state index is 0.767. The third-order valence-electron chi connectivity index (χ3n) is 7.02. The second-order valence-corrected chi connectivity index (χ2v) is 9.33. The van der Waals surface area contributed by atoms with Crippen molar-refractivity contribution in [2.45, 2.75) is 13.8 Å². The predicted molar refractivity (Wildman–Crippen MR) is 168 cm³/mol. The molecule has 0 fully saturated rings. The molecule has 0 atom stereocenters. The molecule has 2 aromatic carbocycles. The van der Waals surface area contributed by atoms with Crippen LogP contribution in [0.4, 0.5) is 0 Å². The molecule has 6 aromatic rings. The van der Waals surface area contributed by atoms with E-state index < -0.39 is 0 Å². The fourth-order valence-electron chi connectivity index (χ4n) is 5.30. The summed E-state index contributed by atoms with van der Waals surface area (Å²) >= 11 is 0. The van der Waals surface area contributed by atoms with Crippen LogP contribution >= 0.6 is 0 Å². The van der Waals surface area contributed by atoms with Crippen LogP contribution in [0.25, 0.3) is 69.3 Å². The van der Waals surface area contributed by atoms with Gasteiger partial charge in [-0.15, -0.1) is 0 Å². The van der Waals surface area contributed by atoms with Gasteiger partial charge in [-0.1, -0.05) is 73.9 Å². The first kappa shape index (κ1) is 25.0. The molecule has 0 saturated heterocycles. The van der Waals surface area contributed by atoms with Crippen LogP contribution in [0.1, 0.15) is 25.1 Å². The summed E-state index contributed by atoms with van der Waals surface area (Å²) in [4.78, 5) is 15.1. The Balaban J connectivity index is 1.72. The summed E-state index contributed by atoms with van der Waals surface area (Å²) in [5.41, 5.74) is 9.11. The van der Waals surface area contributed by atoms with Gasteiger partial charge in [0.2, 0.25) is 0 Å². The monoisotopic (exact) mass is 519 g/mol. The van der Waals surface area contributed by atoms with Gasteiger partial charge in [-0.2, -0.15) is 0 Å². The lowest BCUT2D eigenvalue weighted by Gasteiger charge is -2.10. The Bertz CT molecular complexity index is 2030. The van der Waals surface area contributed by atoms with Gasteiger partial charge in [0, 0.05) is 33.9 Å². The minimum absolute atomic E-state index is 0.767. The van der Waals surface area contributed by atoms with Crippen LogP contribution < -0.4 is 10.6 Å². The summed E-state index contributed by atoms with van der Waals surface area (Å²) in [6.45, 7) is 12.2. The standard InChI is InChI=1S/C35H29N5/c1-5-14-30-27(7-3)32-34(39(30)25-16-10-9-11-17-25)38-35-33(37-32)28(8-4)31(15-6-2)40(35)26-21-19-24(20-22-26)29-18-12-13-23-36-29/h5-23H,1,4H2,2-3H3/b15-6-,27-7+,30-14+. The maximum absolute atomic E-state index is 5.33. The van der Waals surface area contributed by atoms with Gasteiger partial charge in [0.25, 0.3) is 0 Å². The minimum Gasteiger partial charge on any atom is -0.292 e. The summed E-state index contributed by atoms with van der Waals surface area (Å²) in [5.74, 6) is 0. The third kappa shape index (κ3) is 4.00. The topological polar surface area (TPSA) is 48.5 Å². The van der Waals surface area contributed by atoms with Crippen molar-refractivity contribution in [2.24, 2.45) is 0 Å². The lowest BCUT2D eigenvalue weighted by Crippen LogP contribution is -2.28. The summed E-state index contributed by atoms with van der Waals surface area (Å²) in [6.07, 6.45) is 13.7. The van der Waals surface area contributed by atoms with Gasteiger partial charge in [0.05, 0.1) is 16.7 Å². The normalized spacial score (nSPS) is 12.7. The van der Waals surface area contributed by atoms with Gasteiger partial charge in [0.15, 0.2) is 11.3 Å². The number of pyridine rings is 1. The highest BCUT2D eigenvalue weighted by atomic mass is 15.1. The summed E-state index contributed by atoms with van der Waals surface area (Å²) in [7, 11) is 0. The third-order valence-corrected chi connectivity index (χ3v) is 7.02. The van der Waals surface area contributed by atoms with Crippen molar-refractivity contribution in [1.29, 1.82) is 0 Å². The SMILES string of the molecule is C=C/C=c1\c(=C/C)c2nc3c(C=C)c(/C=C\C)n(-c4ccc(-c5ccccn5)cc4)c3nc2n1-c1ccccc1. The van der Waals surface area contributed by atoms with E-state index in [1.807, 2.05) is 80.7 Å². The Kier molecular flexibility index (Phi) is 6.54. The molecule has 0 bridgehead atoms. The van der Waals surface area contributed by atoms with Crippen LogP contribution in [0.15, 0.2) is 104 Å². The molecule has 40 heavy (non-hydrogen) atoms. The van der Waals surface area contributed by atoms with E-state index >= 15 is 0 Å². The lowest BCUT2D eigenvalue weighted by atomic mass is 10.1. The maximum Gasteiger partial charge on any atom is 0.166 e. The molecule has 0 N–H and O–H groups in total. The van der Waals surface area contributed by atoms with Crippen LogP contribution in [0.2, 0.25) is 0 Å². The molecule has 6 rings (SSSR count). The fourth-order valence-corrected chi connectivity index (χ4v) is 5.30. The number of rotatable bonds is 6. The van der Waals surface area contributed by atoms with Gasteiger partial charge in [0.1, 0.15) is 11.0 Å². The Morgan fingerprint density at radius 2 is 1.48 bits per heavy atom. The van der Waals surface area contributed by atoms with Gasteiger partial charge in [-0.3, -0.25) is 14.1 Å². The Labute approximate surface area is 233 Å². The summed E-state index contributed by atoms with van der Waals surface area (Å²) in [5, 5.41) is 2.01. The number of fused-ring (bicyclic) bond motifs is 2. The van der Waals surface area contributed by atoms with Crippen molar-refractivity contribution in [3.8, 4) is 22.6 Å². The number of hydrogen-bond donors (Lipinski definition) is 0. The Hall–Kier alpha value is -5.29. The largest absolute Gasteiger partial charge is 0.292 e. The van der Waals surface area contributed by atoms with E-state index in [2.05, 4.69) is 75.8 Å². The molecule has 0 aliphatic carbocycles. The van der Waals surface area contributed by atoms with Crippen LogP contribution in [0.5, 0.6) is 0 Å². The van der Waals surface area contributed by atoms with Crippen molar-refractivity contribution in [3.05, 3.63) is 126 Å². The smallest absolute Gasteiger partial charge is 0.166 e. The average Bonchev–Trinajstić information content (AvgIpc) is 3.47. The van der Waals surface area contributed by atoms with Crippen molar-refractivity contribution < 1.29 is 0 Å². The molecule has 0 unspecified atom stereocenters. The second kappa shape index (κ2) is 10.5. The molecule has 0 radical (unpaired) electrons. The Morgan fingerprint density at radius 1 is 0.750 bits per heavy atom. The number of aromatic nitrogens is 5. The van der Waals surface area contributed by atoms with E-state index in [9.17, 15) is 0 Å². The summed E-state index contributed by atoms with van der Waals surface area (Å²) < 4.78 is 4.32. The first-order valence-corrected chi connectivity index (χ1v) is 13.3. The zero-order chi connectivity index (χ0) is 27.6. The van der Waals surface area contributed by atoms with Crippen molar-refractivity contribution >= 4 is 46.6 Å². The molecule has 5 heteroatoms. The van der Waals surface area contributed by atoms with Gasteiger partial charge < -0.3 is 0 Å². The van der Waals surface area contributed by atoms with Crippen molar-refractivity contribution in [1.82, 2.24) is 24.1 Å². The van der Waals surface area contributed by atoms with Gasteiger partial charge in [-0.25, -0.2) is 9.97 Å².